The first-order chi connectivity index (χ1) is 7.09. The van der Waals surface area contributed by atoms with Crippen molar-refractivity contribution in [3.63, 3.8) is 0 Å². The van der Waals surface area contributed by atoms with E-state index in [0.717, 1.165) is 18.2 Å². The molecular weight excluding hydrogens is 222 g/mol. The van der Waals surface area contributed by atoms with Crippen molar-refractivity contribution in [2.24, 2.45) is 5.73 Å². The van der Waals surface area contributed by atoms with Crippen LogP contribution >= 0.6 is 0 Å². The molecule has 0 aliphatic heterocycles. The molecule has 1 nitrogen and oxygen atoms in total. The molecule has 0 heterocycles. The fourth-order valence-electron chi connectivity index (χ4n) is 1.38. The molecule has 0 bridgehead atoms. The second-order valence-electron chi connectivity index (χ2n) is 4.47. The fraction of sp³-hybridized carbons (Fsp3) is 0.455. The molecule has 1 aromatic carbocycles. The van der Waals surface area contributed by atoms with E-state index in [1.165, 1.54) is 0 Å². The molecule has 0 fully saturated rings. The fourth-order valence-corrected chi connectivity index (χ4v) is 1.38. The van der Waals surface area contributed by atoms with Gasteiger partial charge in [-0.15, -0.1) is 0 Å². The Hall–Kier alpha value is -1.10. The second kappa shape index (κ2) is 4.05. The molecule has 1 aromatic rings. The van der Waals surface area contributed by atoms with Gasteiger partial charge in [-0.1, -0.05) is 0 Å². The van der Waals surface area contributed by atoms with Gasteiger partial charge in [0, 0.05) is 5.54 Å². The summed E-state index contributed by atoms with van der Waals surface area (Å²) in [4.78, 5) is 0. The summed E-state index contributed by atoms with van der Waals surface area (Å²) in [7, 11) is 0. The van der Waals surface area contributed by atoms with E-state index in [1.807, 2.05) is 0 Å². The first-order valence-electron chi connectivity index (χ1n) is 4.74. The third kappa shape index (κ3) is 3.48. The van der Waals surface area contributed by atoms with Crippen LogP contribution in [0.4, 0.5) is 17.6 Å². The lowest BCUT2D eigenvalue weighted by molar-refractivity contribution is -0.137. The van der Waals surface area contributed by atoms with Crippen molar-refractivity contribution in [3.8, 4) is 0 Å². The number of halogens is 4. The molecule has 5 heteroatoms. The van der Waals surface area contributed by atoms with E-state index in [4.69, 9.17) is 5.73 Å². The number of hydrogen-bond acceptors (Lipinski definition) is 1. The van der Waals surface area contributed by atoms with Crippen molar-refractivity contribution in [3.05, 3.63) is 35.1 Å². The van der Waals surface area contributed by atoms with Crippen molar-refractivity contribution in [2.75, 3.05) is 0 Å². The van der Waals surface area contributed by atoms with Crippen molar-refractivity contribution in [2.45, 2.75) is 32.0 Å². The molecule has 0 saturated carbocycles. The third-order valence-electron chi connectivity index (χ3n) is 2.02. The highest BCUT2D eigenvalue weighted by atomic mass is 19.4. The minimum absolute atomic E-state index is 0.0117. The maximum absolute atomic E-state index is 13.3. The van der Waals surface area contributed by atoms with E-state index in [-0.39, 0.29) is 12.0 Å². The quantitative estimate of drug-likeness (QED) is 0.783. The zero-order chi connectivity index (χ0) is 12.6. The predicted molar refractivity (Wildman–Crippen MR) is 53.4 cm³/mol. The molecule has 0 aliphatic carbocycles. The normalized spacial score (nSPS) is 12.9. The zero-order valence-corrected chi connectivity index (χ0v) is 9.03. The lowest BCUT2D eigenvalue weighted by Gasteiger charge is -2.19. The summed E-state index contributed by atoms with van der Waals surface area (Å²) < 4.78 is 50.4. The van der Waals surface area contributed by atoms with Crippen LogP contribution < -0.4 is 5.73 Å². The van der Waals surface area contributed by atoms with E-state index in [9.17, 15) is 17.6 Å². The van der Waals surface area contributed by atoms with Gasteiger partial charge in [0.1, 0.15) is 5.82 Å². The highest BCUT2D eigenvalue weighted by Gasteiger charge is 2.31. The van der Waals surface area contributed by atoms with Gasteiger partial charge in [0.25, 0.3) is 0 Å². The van der Waals surface area contributed by atoms with Crippen LogP contribution in [0.25, 0.3) is 0 Å². The molecule has 0 spiro atoms. The van der Waals surface area contributed by atoms with Gasteiger partial charge in [-0.25, -0.2) is 4.39 Å². The summed E-state index contributed by atoms with van der Waals surface area (Å²) >= 11 is 0. The summed E-state index contributed by atoms with van der Waals surface area (Å²) in [6.45, 7) is 3.26. The molecule has 0 atom stereocenters. The Morgan fingerprint density at radius 3 is 2.19 bits per heavy atom. The summed E-state index contributed by atoms with van der Waals surface area (Å²) in [6.07, 6.45) is -4.40. The van der Waals surface area contributed by atoms with Crippen LogP contribution in [0.3, 0.4) is 0 Å². The number of benzene rings is 1. The number of alkyl halides is 3. The molecule has 0 aromatic heterocycles. The Morgan fingerprint density at radius 1 is 1.19 bits per heavy atom. The Balaban J connectivity index is 3.10. The molecule has 1 rings (SSSR count). The molecule has 16 heavy (non-hydrogen) atoms. The Kier molecular flexibility index (Phi) is 3.28. The van der Waals surface area contributed by atoms with Crippen LogP contribution in [-0.2, 0) is 12.6 Å². The first kappa shape index (κ1) is 13.0. The van der Waals surface area contributed by atoms with Gasteiger partial charge in [-0.2, -0.15) is 13.2 Å². The van der Waals surface area contributed by atoms with E-state index in [0.29, 0.717) is 0 Å². The minimum atomic E-state index is -4.46. The van der Waals surface area contributed by atoms with Crippen molar-refractivity contribution >= 4 is 0 Å². The summed E-state index contributed by atoms with van der Waals surface area (Å²) in [5.74, 6) is -0.661. The minimum Gasteiger partial charge on any atom is -0.325 e. The highest BCUT2D eigenvalue weighted by Crippen LogP contribution is 2.30. The maximum Gasteiger partial charge on any atom is 0.416 e. The standard InChI is InChI=1S/C11H13F4N/c1-10(2,16)6-7-5-8(11(13,14)15)3-4-9(7)12/h3-5H,6,16H2,1-2H3. The van der Waals surface area contributed by atoms with E-state index in [1.54, 1.807) is 13.8 Å². The average Bonchev–Trinajstić information content (AvgIpc) is 2.04. The smallest absolute Gasteiger partial charge is 0.325 e. The first-order valence-corrected chi connectivity index (χ1v) is 4.74. The molecular formula is C11H13F4N. The Labute approximate surface area is 91.3 Å². The van der Waals surface area contributed by atoms with Gasteiger partial charge in [0.05, 0.1) is 5.56 Å². The van der Waals surface area contributed by atoms with Gasteiger partial charge in [0.15, 0.2) is 0 Å². The zero-order valence-electron chi connectivity index (χ0n) is 9.03. The maximum atomic E-state index is 13.3. The monoisotopic (exact) mass is 235 g/mol. The van der Waals surface area contributed by atoms with Crippen LogP contribution in [-0.4, -0.2) is 5.54 Å². The van der Waals surface area contributed by atoms with Crippen molar-refractivity contribution in [1.29, 1.82) is 0 Å². The van der Waals surface area contributed by atoms with Crippen LogP contribution in [0, 0.1) is 5.82 Å². The molecule has 2 N–H and O–H groups in total. The van der Waals surface area contributed by atoms with Gasteiger partial charge in [-0.05, 0) is 44.0 Å². The van der Waals surface area contributed by atoms with Crippen LogP contribution in [0.1, 0.15) is 25.0 Å². The molecule has 0 amide bonds. The Morgan fingerprint density at radius 2 is 1.75 bits per heavy atom. The second-order valence-corrected chi connectivity index (χ2v) is 4.47. The van der Waals surface area contributed by atoms with E-state index < -0.39 is 23.1 Å². The topological polar surface area (TPSA) is 26.0 Å². The van der Waals surface area contributed by atoms with E-state index in [2.05, 4.69) is 0 Å². The number of rotatable bonds is 2. The van der Waals surface area contributed by atoms with Gasteiger partial charge >= 0.3 is 6.18 Å². The van der Waals surface area contributed by atoms with Gasteiger partial charge in [0.2, 0.25) is 0 Å². The SMILES string of the molecule is CC(C)(N)Cc1cc(C(F)(F)F)ccc1F. The largest absolute Gasteiger partial charge is 0.416 e. The summed E-state index contributed by atoms with van der Waals surface area (Å²) in [6, 6.07) is 2.36. The molecule has 0 aliphatic rings. The van der Waals surface area contributed by atoms with Gasteiger partial charge < -0.3 is 5.73 Å². The number of hydrogen-bond donors (Lipinski definition) is 1. The molecule has 0 saturated heterocycles. The molecule has 90 valence electrons. The molecule has 0 unspecified atom stereocenters. The van der Waals surface area contributed by atoms with Crippen LogP contribution in [0.15, 0.2) is 18.2 Å². The van der Waals surface area contributed by atoms with Gasteiger partial charge in [-0.3, -0.25) is 0 Å². The van der Waals surface area contributed by atoms with Crippen LogP contribution in [0.5, 0.6) is 0 Å². The van der Waals surface area contributed by atoms with Crippen molar-refractivity contribution in [1.82, 2.24) is 0 Å². The van der Waals surface area contributed by atoms with Crippen molar-refractivity contribution < 1.29 is 17.6 Å². The summed E-state index contributed by atoms with van der Waals surface area (Å²) in [5, 5.41) is 0. The lowest BCUT2D eigenvalue weighted by atomic mass is 9.94. The predicted octanol–water partition coefficient (Wildman–Crippen LogP) is 3.12. The number of nitrogens with two attached hydrogens (primary N) is 1. The lowest BCUT2D eigenvalue weighted by Crippen LogP contribution is -2.34. The Bertz CT molecular complexity index is 377. The highest BCUT2D eigenvalue weighted by molar-refractivity contribution is 5.28. The summed E-state index contributed by atoms with van der Waals surface area (Å²) in [5.41, 5.74) is 4.04. The third-order valence-corrected chi connectivity index (χ3v) is 2.02. The molecule has 0 radical (unpaired) electrons. The van der Waals surface area contributed by atoms with Crippen LogP contribution in [0.2, 0.25) is 0 Å². The average molecular weight is 235 g/mol. The van der Waals surface area contributed by atoms with E-state index >= 15 is 0 Å².